The minimum atomic E-state index is -0.364. The van der Waals surface area contributed by atoms with Gasteiger partial charge in [0, 0.05) is 12.4 Å². The van der Waals surface area contributed by atoms with E-state index in [1.807, 2.05) is 10.6 Å². The molecule has 0 unspecified atom stereocenters. The summed E-state index contributed by atoms with van der Waals surface area (Å²) in [5, 5.41) is 11.4. The Labute approximate surface area is 163 Å². The van der Waals surface area contributed by atoms with Gasteiger partial charge in [0.15, 0.2) is 5.16 Å². The lowest BCUT2D eigenvalue weighted by Gasteiger charge is -2.13. The Bertz CT molecular complexity index is 971. The molecule has 0 atom stereocenters. The van der Waals surface area contributed by atoms with Crippen molar-refractivity contribution >= 4 is 44.4 Å². The first-order valence-corrected chi connectivity index (χ1v) is 10.1. The molecule has 1 aliphatic carbocycles. The summed E-state index contributed by atoms with van der Waals surface area (Å²) in [5.41, 5.74) is 4.78. The Morgan fingerprint density at radius 3 is 2.77 bits per heavy atom. The van der Waals surface area contributed by atoms with Crippen LogP contribution in [0.5, 0.6) is 0 Å². The fourth-order valence-corrected chi connectivity index (χ4v) is 4.34. The third kappa shape index (κ3) is 3.36. The largest absolute Gasteiger partial charge is 0.370 e. The maximum absolute atomic E-state index is 11.6. The van der Waals surface area contributed by atoms with Gasteiger partial charge >= 0.3 is 5.97 Å². The summed E-state index contributed by atoms with van der Waals surface area (Å²) in [6.45, 7) is 0. The van der Waals surface area contributed by atoms with Crippen LogP contribution < -0.4 is 5.48 Å². The summed E-state index contributed by atoms with van der Waals surface area (Å²) < 4.78 is 2.53. The lowest BCUT2D eigenvalue weighted by molar-refractivity contribution is -0.146. The number of carbonyl (C=O) groups excluding carboxylic acids is 1. The van der Waals surface area contributed by atoms with E-state index in [1.165, 1.54) is 35.6 Å². The molecular weight excluding hydrogens is 416 g/mol. The van der Waals surface area contributed by atoms with Crippen molar-refractivity contribution < 1.29 is 9.63 Å². The second kappa shape index (κ2) is 7.38. The average molecular weight is 433 g/mol. The van der Waals surface area contributed by atoms with E-state index in [9.17, 15) is 4.79 Å². The number of hydroxylamine groups is 1. The van der Waals surface area contributed by atoms with Crippen molar-refractivity contribution in [1.82, 2.24) is 20.2 Å². The number of halogens is 1. The van der Waals surface area contributed by atoms with Crippen molar-refractivity contribution in [3.8, 4) is 5.69 Å². The number of benzene rings is 2. The molecule has 1 N–H and O–H groups in total. The van der Waals surface area contributed by atoms with Gasteiger partial charge in [-0.05, 0) is 51.7 Å². The molecule has 0 bridgehead atoms. The highest BCUT2D eigenvalue weighted by atomic mass is 79.9. The van der Waals surface area contributed by atoms with Crippen molar-refractivity contribution in [1.29, 1.82) is 0 Å². The zero-order valence-corrected chi connectivity index (χ0v) is 16.5. The minimum absolute atomic E-state index is 0.143. The third-order valence-electron chi connectivity index (χ3n) is 4.32. The summed E-state index contributed by atoms with van der Waals surface area (Å²) >= 11 is 4.77. The van der Waals surface area contributed by atoms with Gasteiger partial charge in [0.25, 0.3) is 0 Å². The molecule has 0 amide bonds. The number of fused-ring (bicyclic) bond motifs is 1. The van der Waals surface area contributed by atoms with Gasteiger partial charge in [-0.1, -0.05) is 42.1 Å². The Morgan fingerprint density at radius 2 is 2.04 bits per heavy atom. The summed E-state index contributed by atoms with van der Waals surface area (Å²) in [7, 11) is 1.55. The van der Waals surface area contributed by atoms with Crippen LogP contribution in [0.15, 0.2) is 46.3 Å². The number of hydrogen-bond acceptors (Lipinski definition) is 6. The Kier molecular flexibility index (Phi) is 4.97. The standard InChI is InChI=1S/C18H17BrN4O2S/c1-20-25-16(24)10-26-18-22-21-17(19)23(18)15-9-8-12(11-6-7-11)13-4-2-3-5-14(13)15/h2-5,8-9,11,20H,6-7,10H2,1H3. The molecule has 6 nitrogen and oxygen atoms in total. The number of nitrogens with one attached hydrogen (secondary N) is 1. The van der Waals surface area contributed by atoms with Gasteiger partial charge < -0.3 is 4.84 Å². The van der Waals surface area contributed by atoms with Gasteiger partial charge in [-0.25, -0.2) is 4.79 Å². The van der Waals surface area contributed by atoms with Crippen LogP contribution >= 0.6 is 27.7 Å². The van der Waals surface area contributed by atoms with Gasteiger partial charge in [0.1, 0.15) is 5.75 Å². The molecular formula is C18H17BrN4O2S. The van der Waals surface area contributed by atoms with Gasteiger partial charge in [-0.2, -0.15) is 5.48 Å². The summed E-state index contributed by atoms with van der Waals surface area (Å²) in [6.07, 6.45) is 2.52. The highest BCUT2D eigenvalue weighted by molar-refractivity contribution is 9.10. The van der Waals surface area contributed by atoms with Gasteiger partial charge in [-0.3, -0.25) is 4.57 Å². The number of aromatic nitrogens is 3. The molecule has 4 rings (SSSR count). The first-order valence-electron chi connectivity index (χ1n) is 8.31. The topological polar surface area (TPSA) is 69.0 Å². The van der Waals surface area contributed by atoms with Crippen molar-refractivity contribution in [2.45, 2.75) is 23.9 Å². The molecule has 26 heavy (non-hydrogen) atoms. The number of rotatable bonds is 6. The first-order chi connectivity index (χ1) is 12.7. The van der Waals surface area contributed by atoms with E-state index in [0.29, 0.717) is 15.8 Å². The molecule has 134 valence electrons. The molecule has 1 aromatic heterocycles. The highest BCUT2D eigenvalue weighted by Gasteiger charge is 2.26. The van der Waals surface area contributed by atoms with Gasteiger partial charge in [0.2, 0.25) is 4.73 Å². The van der Waals surface area contributed by atoms with E-state index >= 15 is 0 Å². The zero-order chi connectivity index (χ0) is 18.1. The van der Waals surface area contributed by atoms with Crippen LogP contribution in [-0.2, 0) is 9.63 Å². The van der Waals surface area contributed by atoms with E-state index in [1.54, 1.807) is 7.05 Å². The molecule has 2 aromatic carbocycles. The molecule has 1 heterocycles. The van der Waals surface area contributed by atoms with Crippen molar-refractivity contribution in [3.05, 3.63) is 46.7 Å². The van der Waals surface area contributed by atoms with Crippen LogP contribution in [0.3, 0.4) is 0 Å². The summed E-state index contributed by atoms with van der Waals surface area (Å²) in [5.74, 6) is 0.449. The molecule has 0 spiro atoms. The predicted molar refractivity (Wildman–Crippen MR) is 104 cm³/mol. The lowest BCUT2D eigenvalue weighted by Crippen LogP contribution is -2.17. The highest BCUT2D eigenvalue weighted by Crippen LogP contribution is 2.44. The molecule has 0 saturated heterocycles. The van der Waals surface area contributed by atoms with Gasteiger partial charge in [-0.15, -0.1) is 10.2 Å². The number of thioether (sulfide) groups is 1. The maximum Gasteiger partial charge on any atom is 0.335 e. The van der Waals surface area contributed by atoms with Crippen molar-refractivity contribution in [2.75, 3.05) is 12.8 Å². The predicted octanol–water partition coefficient (Wildman–Crippen LogP) is 3.83. The molecule has 1 fully saturated rings. The molecule has 0 aliphatic heterocycles. The maximum atomic E-state index is 11.6. The molecule has 3 aromatic rings. The van der Waals surface area contributed by atoms with E-state index in [4.69, 9.17) is 4.84 Å². The molecule has 1 aliphatic rings. The zero-order valence-electron chi connectivity index (χ0n) is 14.1. The fraction of sp³-hybridized carbons (Fsp3) is 0.278. The molecule has 1 saturated carbocycles. The van der Waals surface area contributed by atoms with E-state index in [-0.39, 0.29) is 11.7 Å². The van der Waals surface area contributed by atoms with Crippen LogP contribution in [0, 0.1) is 0 Å². The van der Waals surface area contributed by atoms with Crippen molar-refractivity contribution in [3.63, 3.8) is 0 Å². The number of carbonyl (C=O) groups is 1. The monoisotopic (exact) mass is 432 g/mol. The SMILES string of the molecule is CNOC(=O)CSc1nnc(Br)n1-c1ccc(C2CC2)c2ccccc12. The summed E-state index contributed by atoms with van der Waals surface area (Å²) in [6, 6.07) is 12.7. The summed E-state index contributed by atoms with van der Waals surface area (Å²) in [4.78, 5) is 16.4. The van der Waals surface area contributed by atoms with E-state index in [2.05, 4.69) is 61.9 Å². The first kappa shape index (κ1) is 17.5. The average Bonchev–Trinajstić information content (AvgIpc) is 3.43. The Hall–Kier alpha value is -1.90. The normalized spacial score (nSPS) is 13.9. The van der Waals surface area contributed by atoms with Crippen LogP contribution in [0.1, 0.15) is 24.3 Å². The Morgan fingerprint density at radius 1 is 1.27 bits per heavy atom. The van der Waals surface area contributed by atoms with Crippen LogP contribution in [0.2, 0.25) is 0 Å². The second-order valence-electron chi connectivity index (χ2n) is 6.05. The Balaban J connectivity index is 1.75. The third-order valence-corrected chi connectivity index (χ3v) is 5.74. The smallest absolute Gasteiger partial charge is 0.335 e. The lowest BCUT2D eigenvalue weighted by atomic mass is 9.99. The minimum Gasteiger partial charge on any atom is -0.370 e. The van der Waals surface area contributed by atoms with Crippen LogP contribution in [0.4, 0.5) is 0 Å². The van der Waals surface area contributed by atoms with E-state index < -0.39 is 0 Å². The van der Waals surface area contributed by atoms with E-state index in [0.717, 1.165) is 11.1 Å². The fourth-order valence-electron chi connectivity index (χ4n) is 3.07. The van der Waals surface area contributed by atoms with Crippen LogP contribution in [-0.4, -0.2) is 33.5 Å². The molecule has 8 heteroatoms. The number of nitrogens with zero attached hydrogens (tertiary/aromatic N) is 3. The quantitative estimate of drug-likeness (QED) is 0.471. The number of hydrogen-bond donors (Lipinski definition) is 1. The van der Waals surface area contributed by atoms with Crippen LogP contribution in [0.25, 0.3) is 16.5 Å². The second-order valence-corrected chi connectivity index (χ2v) is 7.70. The van der Waals surface area contributed by atoms with Gasteiger partial charge in [0.05, 0.1) is 5.69 Å². The van der Waals surface area contributed by atoms with Crippen molar-refractivity contribution in [2.24, 2.45) is 0 Å². The molecule has 0 radical (unpaired) electrons.